The molecule has 0 amide bonds. The smallest absolute Gasteiger partial charge is 0.303 e. The number of hydrogen-bond donors (Lipinski definition) is 1. The van der Waals surface area contributed by atoms with Crippen molar-refractivity contribution in [1.82, 2.24) is 19.9 Å². The number of carbonyl (C=O) groups is 2. The predicted octanol–water partition coefficient (Wildman–Crippen LogP) is 3.80. The number of hydrogen-bond acceptors (Lipinski definition) is 11. The average Bonchev–Trinajstić information content (AvgIpc) is 3.48. The van der Waals surface area contributed by atoms with E-state index in [9.17, 15) is 35.7 Å². The van der Waals surface area contributed by atoms with Crippen LogP contribution in [0.2, 0.25) is 0 Å². The van der Waals surface area contributed by atoms with E-state index in [0.717, 1.165) is 5.56 Å². The van der Waals surface area contributed by atoms with Crippen LogP contribution in [0.15, 0.2) is 48.5 Å². The zero-order valence-corrected chi connectivity index (χ0v) is 23.5. The zero-order valence-electron chi connectivity index (χ0n) is 23.5. The van der Waals surface area contributed by atoms with Crippen LogP contribution in [0.3, 0.4) is 0 Å². The molecule has 0 bridgehead atoms. The zero-order chi connectivity index (χ0) is 31.8. The van der Waals surface area contributed by atoms with Gasteiger partial charge >= 0.3 is 5.97 Å². The highest BCUT2D eigenvalue weighted by atomic mass is 16.5. The summed E-state index contributed by atoms with van der Waals surface area (Å²) in [5, 5.41) is 49.3. The Kier molecular flexibility index (Phi) is 6.97. The van der Waals surface area contributed by atoms with E-state index in [-0.39, 0.29) is 55.1 Å². The van der Waals surface area contributed by atoms with Crippen LogP contribution in [-0.2, 0) is 25.2 Å². The van der Waals surface area contributed by atoms with Crippen LogP contribution in [0.4, 0.5) is 0 Å². The minimum absolute atomic E-state index is 0.0282. The van der Waals surface area contributed by atoms with Gasteiger partial charge < -0.3 is 9.84 Å². The summed E-state index contributed by atoms with van der Waals surface area (Å²) in [6.07, 6.45) is -0.00157. The third kappa shape index (κ3) is 4.25. The molecule has 2 aromatic carbocycles. The van der Waals surface area contributed by atoms with E-state index in [1.165, 1.54) is 0 Å². The van der Waals surface area contributed by atoms with Gasteiger partial charge in [0.1, 0.15) is 24.3 Å². The lowest BCUT2D eigenvalue weighted by Gasteiger charge is -2.41. The van der Waals surface area contributed by atoms with Crippen molar-refractivity contribution in [1.29, 1.82) is 21.0 Å². The van der Waals surface area contributed by atoms with Crippen LogP contribution < -0.4 is 0 Å². The molecule has 12 nitrogen and oxygen atoms in total. The number of benzene rings is 2. The Labute approximate surface area is 256 Å². The first-order valence-corrected chi connectivity index (χ1v) is 13.8. The van der Waals surface area contributed by atoms with E-state index >= 15 is 0 Å². The summed E-state index contributed by atoms with van der Waals surface area (Å²) in [6.45, 7) is 0.266. The lowest BCUT2D eigenvalue weighted by atomic mass is 9.62. The molecule has 2 aliphatic carbocycles. The van der Waals surface area contributed by atoms with Crippen molar-refractivity contribution in [3.63, 3.8) is 0 Å². The van der Waals surface area contributed by atoms with Gasteiger partial charge in [0.15, 0.2) is 22.8 Å². The molecule has 216 valence electrons. The van der Waals surface area contributed by atoms with Crippen molar-refractivity contribution < 1.29 is 19.4 Å². The Balaban J connectivity index is 1.71. The van der Waals surface area contributed by atoms with Crippen molar-refractivity contribution in [2.24, 2.45) is 0 Å². The number of fused-ring (bicyclic) bond motifs is 6. The van der Waals surface area contributed by atoms with Crippen LogP contribution >= 0.6 is 0 Å². The van der Waals surface area contributed by atoms with Crippen LogP contribution in [-0.4, -0.2) is 44.1 Å². The second-order valence-corrected chi connectivity index (χ2v) is 10.7. The second-order valence-electron chi connectivity index (χ2n) is 10.7. The number of carbonyl (C=O) groups excluding carboxylic acids is 1. The Morgan fingerprint density at radius 2 is 1.18 bits per heavy atom. The number of nitrogens with zero attached hydrogens (tertiary/aromatic N) is 8. The van der Waals surface area contributed by atoms with Crippen LogP contribution in [0.5, 0.6) is 0 Å². The first kappa shape index (κ1) is 28.6. The Morgan fingerprint density at radius 3 is 1.62 bits per heavy atom. The Bertz CT molecular complexity index is 2100. The van der Waals surface area contributed by atoms with Gasteiger partial charge in [0.2, 0.25) is 0 Å². The van der Waals surface area contributed by atoms with Crippen molar-refractivity contribution in [3.8, 4) is 46.8 Å². The first-order chi connectivity index (χ1) is 21.9. The maximum atomic E-state index is 12.1. The molecule has 4 aromatic rings. The number of ether oxygens (including phenoxy) is 1. The van der Waals surface area contributed by atoms with Gasteiger partial charge in [0.05, 0.1) is 29.4 Å². The van der Waals surface area contributed by atoms with E-state index in [0.29, 0.717) is 45.9 Å². The molecule has 45 heavy (non-hydrogen) atoms. The maximum Gasteiger partial charge on any atom is 0.303 e. The highest BCUT2D eigenvalue weighted by molar-refractivity contribution is 5.81. The molecule has 1 N–H and O–H groups in total. The molecule has 2 atom stereocenters. The van der Waals surface area contributed by atoms with Gasteiger partial charge in [0.25, 0.3) is 6.47 Å². The maximum absolute atomic E-state index is 12.1. The number of rotatable bonds is 9. The molecule has 0 saturated carbocycles. The Hall–Kier alpha value is -6.50. The van der Waals surface area contributed by atoms with E-state index in [1.807, 2.05) is 60.7 Å². The number of nitriles is 4. The minimum atomic E-state index is -1.20. The molecule has 0 radical (unpaired) electrons. The van der Waals surface area contributed by atoms with Gasteiger partial charge in [-0.25, -0.2) is 19.9 Å². The summed E-state index contributed by atoms with van der Waals surface area (Å²) in [4.78, 5) is 41.9. The fourth-order valence-electron chi connectivity index (χ4n) is 6.85. The quantitative estimate of drug-likeness (QED) is 0.217. The molecular weight excluding hydrogens is 572 g/mol. The predicted molar refractivity (Wildman–Crippen MR) is 153 cm³/mol. The largest absolute Gasteiger partial charge is 0.481 e. The monoisotopic (exact) mass is 592 g/mol. The molecule has 0 aliphatic heterocycles. The van der Waals surface area contributed by atoms with Gasteiger partial charge in [-0.3, -0.25) is 9.59 Å². The van der Waals surface area contributed by atoms with Crippen LogP contribution in [0.1, 0.15) is 71.0 Å². The van der Waals surface area contributed by atoms with Gasteiger partial charge in [-0.05, 0) is 30.4 Å². The summed E-state index contributed by atoms with van der Waals surface area (Å²) < 4.78 is 5.21. The summed E-state index contributed by atoms with van der Waals surface area (Å²) in [5.41, 5.74) is 1.18. The van der Waals surface area contributed by atoms with Gasteiger partial charge in [0, 0.05) is 28.4 Å². The molecule has 12 heteroatoms. The van der Waals surface area contributed by atoms with Crippen LogP contribution in [0, 0.1) is 45.3 Å². The third-order valence-electron chi connectivity index (χ3n) is 8.60. The molecule has 0 fully saturated rings. The molecule has 0 spiro atoms. The second kappa shape index (κ2) is 11.0. The van der Waals surface area contributed by atoms with Gasteiger partial charge in [-0.15, -0.1) is 0 Å². The molecular formula is C33H20N8O4. The van der Waals surface area contributed by atoms with E-state index in [2.05, 4.69) is 15.0 Å². The third-order valence-corrected chi connectivity index (χ3v) is 8.60. The molecule has 2 aromatic heterocycles. The fourth-order valence-corrected chi connectivity index (χ4v) is 6.85. The number of aliphatic carboxylic acids is 1. The topological polar surface area (TPSA) is 210 Å². The van der Waals surface area contributed by atoms with Crippen LogP contribution in [0.25, 0.3) is 22.5 Å². The molecule has 2 heterocycles. The average molecular weight is 593 g/mol. The normalized spacial score (nSPS) is 18.1. The standard InChI is InChI=1S/C33H20N8O4/c34-13-23-25(15-36)40-30-28(38-23)19-5-1-3-7-21(19)32(30,10-9-27(43)44)17-33(11-12-45-18-42)22-8-4-2-6-20(22)29-31(33)41-26(16-37)24(14-35)39-29/h1-8,18H,9-12,17H2,(H,43,44). The number of carboxylic acid groups (broad SMARTS) is 1. The van der Waals surface area contributed by atoms with Crippen molar-refractivity contribution in [2.45, 2.75) is 36.5 Å². The van der Waals surface area contributed by atoms with E-state index in [1.54, 1.807) is 12.1 Å². The summed E-state index contributed by atoms with van der Waals surface area (Å²) in [5.74, 6) is -1.06. The van der Waals surface area contributed by atoms with Gasteiger partial charge in [-0.1, -0.05) is 48.5 Å². The van der Waals surface area contributed by atoms with Crippen molar-refractivity contribution in [3.05, 3.63) is 93.8 Å². The highest BCUT2D eigenvalue weighted by Crippen LogP contribution is 2.60. The number of aromatic nitrogens is 4. The lowest BCUT2D eigenvalue weighted by molar-refractivity contribution is -0.137. The highest BCUT2D eigenvalue weighted by Gasteiger charge is 2.55. The lowest BCUT2D eigenvalue weighted by Crippen LogP contribution is -2.40. The molecule has 2 aliphatic rings. The minimum Gasteiger partial charge on any atom is -0.481 e. The summed E-state index contributed by atoms with van der Waals surface area (Å²) in [7, 11) is 0. The number of carboxylic acids is 1. The summed E-state index contributed by atoms with van der Waals surface area (Å²) >= 11 is 0. The molecule has 0 saturated heterocycles. The van der Waals surface area contributed by atoms with Crippen molar-refractivity contribution >= 4 is 12.4 Å². The SMILES string of the molecule is N#Cc1nc2c(nc1C#N)C(CCOC=O)(CC1(CCC(=O)O)c3ccccc3-c3nc(C#N)c(C#N)nc31)c1ccccc1-2. The van der Waals surface area contributed by atoms with E-state index in [4.69, 9.17) is 9.72 Å². The molecule has 6 rings (SSSR count). The Morgan fingerprint density at radius 1 is 0.733 bits per heavy atom. The van der Waals surface area contributed by atoms with Crippen molar-refractivity contribution in [2.75, 3.05) is 6.61 Å². The van der Waals surface area contributed by atoms with Gasteiger partial charge in [-0.2, -0.15) is 21.0 Å². The molecule has 2 unspecified atom stereocenters. The van der Waals surface area contributed by atoms with E-state index < -0.39 is 16.8 Å². The fraction of sp³-hybridized carbons (Fsp3) is 0.212. The first-order valence-electron chi connectivity index (χ1n) is 13.8. The summed E-state index contributed by atoms with van der Waals surface area (Å²) in [6, 6.07) is 22.4.